The summed E-state index contributed by atoms with van der Waals surface area (Å²) >= 11 is 0. The molecule has 0 saturated carbocycles. The molecule has 154 valence electrons. The van der Waals surface area contributed by atoms with Crippen molar-refractivity contribution >= 4 is 22.2 Å². The number of benzene rings is 3. The number of hydrogen-bond donors (Lipinski definition) is 1. The third-order valence-electron chi connectivity index (χ3n) is 4.11. The molecule has 3 aromatic rings. The Balaban J connectivity index is 1.73. The highest BCUT2D eigenvalue weighted by Gasteiger charge is 2.19. The number of aryl methyl sites for hydroxylation is 1. The zero-order chi connectivity index (χ0) is 21.6. The molecule has 0 spiro atoms. The standard InChI is InChI=1S/C22H20N2O5S/c1-16-8-11-19(12-9-16)30(26,27)29-20-13-10-17(14-21(20)28-2)15-23-24-22(25)18-6-4-3-5-7-18/h3-15H,1-2H3,(H,24,25). The van der Waals surface area contributed by atoms with Crippen LogP contribution in [0.2, 0.25) is 0 Å². The van der Waals surface area contributed by atoms with Gasteiger partial charge in [-0.05, 0) is 55.0 Å². The minimum absolute atomic E-state index is 0.0450. The number of nitrogens with zero attached hydrogens (tertiary/aromatic N) is 1. The van der Waals surface area contributed by atoms with Crippen LogP contribution in [0.5, 0.6) is 11.5 Å². The van der Waals surface area contributed by atoms with E-state index in [2.05, 4.69) is 10.5 Å². The summed E-state index contributed by atoms with van der Waals surface area (Å²) < 4.78 is 35.5. The Morgan fingerprint density at radius 2 is 1.67 bits per heavy atom. The van der Waals surface area contributed by atoms with Crippen molar-refractivity contribution in [2.45, 2.75) is 11.8 Å². The maximum atomic E-state index is 12.5. The summed E-state index contributed by atoms with van der Waals surface area (Å²) in [6.07, 6.45) is 1.42. The van der Waals surface area contributed by atoms with Crippen molar-refractivity contribution in [2.24, 2.45) is 5.10 Å². The van der Waals surface area contributed by atoms with Crippen molar-refractivity contribution in [1.82, 2.24) is 5.43 Å². The molecule has 0 bridgehead atoms. The molecule has 1 amide bonds. The van der Waals surface area contributed by atoms with Crippen LogP contribution in [0.1, 0.15) is 21.5 Å². The Morgan fingerprint density at radius 3 is 2.33 bits per heavy atom. The van der Waals surface area contributed by atoms with Crippen molar-refractivity contribution in [3.63, 3.8) is 0 Å². The zero-order valence-electron chi connectivity index (χ0n) is 16.4. The van der Waals surface area contributed by atoms with Gasteiger partial charge in [0.05, 0.1) is 13.3 Å². The summed E-state index contributed by atoms with van der Waals surface area (Å²) in [6, 6.07) is 19.6. The lowest BCUT2D eigenvalue weighted by atomic mass is 10.2. The third-order valence-corrected chi connectivity index (χ3v) is 5.36. The molecule has 7 nitrogen and oxygen atoms in total. The van der Waals surface area contributed by atoms with Gasteiger partial charge in [-0.1, -0.05) is 35.9 Å². The van der Waals surface area contributed by atoms with Crippen LogP contribution in [-0.4, -0.2) is 27.6 Å². The third kappa shape index (κ3) is 5.24. The van der Waals surface area contributed by atoms with E-state index in [0.29, 0.717) is 11.1 Å². The Hall–Kier alpha value is -3.65. The molecule has 0 unspecified atom stereocenters. The summed E-state index contributed by atoms with van der Waals surface area (Å²) in [7, 11) is -2.60. The van der Waals surface area contributed by atoms with Gasteiger partial charge in [0.1, 0.15) is 4.90 Å². The van der Waals surface area contributed by atoms with Gasteiger partial charge in [0, 0.05) is 5.56 Å². The van der Waals surface area contributed by atoms with E-state index >= 15 is 0 Å². The highest BCUT2D eigenvalue weighted by molar-refractivity contribution is 7.87. The maximum Gasteiger partial charge on any atom is 0.339 e. The fourth-order valence-electron chi connectivity index (χ4n) is 2.52. The molecule has 0 fully saturated rings. The van der Waals surface area contributed by atoms with Gasteiger partial charge in [0.2, 0.25) is 0 Å². The van der Waals surface area contributed by atoms with Gasteiger partial charge < -0.3 is 8.92 Å². The van der Waals surface area contributed by atoms with E-state index in [4.69, 9.17) is 8.92 Å². The Labute approximate surface area is 175 Å². The molecule has 0 atom stereocenters. The Morgan fingerprint density at radius 1 is 0.967 bits per heavy atom. The molecule has 3 aromatic carbocycles. The molecule has 0 radical (unpaired) electrons. The molecule has 0 heterocycles. The minimum atomic E-state index is -4.01. The van der Waals surface area contributed by atoms with E-state index in [-0.39, 0.29) is 22.3 Å². The quantitative estimate of drug-likeness (QED) is 0.356. The first-order valence-corrected chi connectivity index (χ1v) is 10.4. The second-order valence-electron chi connectivity index (χ2n) is 6.33. The topological polar surface area (TPSA) is 94.1 Å². The normalized spacial score (nSPS) is 11.3. The van der Waals surface area contributed by atoms with Crippen LogP contribution in [0.15, 0.2) is 82.8 Å². The summed E-state index contributed by atoms with van der Waals surface area (Å²) in [4.78, 5) is 12.0. The molecular weight excluding hydrogens is 404 g/mol. The number of hydrogen-bond acceptors (Lipinski definition) is 6. The van der Waals surface area contributed by atoms with Gasteiger partial charge in [-0.2, -0.15) is 13.5 Å². The summed E-state index contributed by atoms with van der Waals surface area (Å²) in [6.45, 7) is 1.86. The predicted molar refractivity (Wildman–Crippen MR) is 113 cm³/mol. The van der Waals surface area contributed by atoms with Gasteiger partial charge >= 0.3 is 10.1 Å². The first-order chi connectivity index (χ1) is 14.4. The second-order valence-corrected chi connectivity index (χ2v) is 7.87. The molecule has 0 aromatic heterocycles. The summed E-state index contributed by atoms with van der Waals surface area (Å²) in [5, 5.41) is 3.91. The van der Waals surface area contributed by atoms with Crippen LogP contribution in [0, 0.1) is 6.92 Å². The lowest BCUT2D eigenvalue weighted by Gasteiger charge is -2.11. The van der Waals surface area contributed by atoms with Crippen LogP contribution < -0.4 is 14.3 Å². The molecule has 8 heteroatoms. The van der Waals surface area contributed by atoms with Gasteiger partial charge in [0.25, 0.3) is 5.91 Å². The van der Waals surface area contributed by atoms with Gasteiger partial charge in [-0.3, -0.25) is 4.79 Å². The van der Waals surface area contributed by atoms with Crippen LogP contribution in [0.4, 0.5) is 0 Å². The maximum absolute atomic E-state index is 12.5. The molecule has 0 saturated heterocycles. The van der Waals surface area contributed by atoms with Crippen molar-refractivity contribution in [3.8, 4) is 11.5 Å². The SMILES string of the molecule is COc1cc(C=NNC(=O)c2ccccc2)ccc1OS(=O)(=O)c1ccc(C)cc1. The summed E-state index contributed by atoms with van der Waals surface area (Å²) in [5.74, 6) is -0.0875. The highest BCUT2D eigenvalue weighted by Crippen LogP contribution is 2.30. The molecule has 0 aliphatic rings. The van der Waals surface area contributed by atoms with Gasteiger partial charge in [-0.25, -0.2) is 5.43 Å². The van der Waals surface area contributed by atoms with Crippen molar-refractivity contribution in [2.75, 3.05) is 7.11 Å². The average Bonchev–Trinajstić information content (AvgIpc) is 2.75. The number of amides is 1. The van der Waals surface area contributed by atoms with Crippen LogP contribution in [0.25, 0.3) is 0 Å². The van der Waals surface area contributed by atoms with Crippen molar-refractivity contribution < 1.29 is 22.1 Å². The number of hydrazone groups is 1. The Bertz CT molecular complexity index is 1160. The average molecular weight is 424 g/mol. The fourth-order valence-corrected chi connectivity index (χ4v) is 3.46. The van der Waals surface area contributed by atoms with Gasteiger partial charge in [-0.15, -0.1) is 0 Å². The minimum Gasteiger partial charge on any atom is -0.493 e. The number of carbonyl (C=O) groups is 1. The van der Waals surface area contributed by atoms with Crippen molar-refractivity contribution in [3.05, 3.63) is 89.5 Å². The number of rotatable bonds is 7. The number of ether oxygens (including phenoxy) is 1. The second kappa shape index (κ2) is 9.23. The fraction of sp³-hybridized carbons (Fsp3) is 0.0909. The Kier molecular flexibility index (Phi) is 6.48. The number of carbonyl (C=O) groups excluding carboxylic acids is 1. The van der Waals surface area contributed by atoms with Crippen LogP contribution in [0.3, 0.4) is 0 Å². The molecule has 0 aliphatic carbocycles. The molecule has 30 heavy (non-hydrogen) atoms. The highest BCUT2D eigenvalue weighted by atomic mass is 32.2. The molecule has 0 aliphatic heterocycles. The number of methoxy groups -OCH3 is 1. The first-order valence-electron chi connectivity index (χ1n) is 8.97. The van der Waals surface area contributed by atoms with E-state index in [9.17, 15) is 13.2 Å². The monoisotopic (exact) mass is 424 g/mol. The summed E-state index contributed by atoms with van der Waals surface area (Å²) in [5.41, 5.74) is 4.43. The molecular formula is C22H20N2O5S. The van der Waals surface area contributed by atoms with E-state index in [1.165, 1.54) is 31.5 Å². The molecule has 1 N–H and O–H groups in total. The van der Waals surface area contributed by atoms with Crippen molar-refractivity contribution in [1.29, 1.82) is 0 Å². The first kappa shape index (κ1) is 21.1. The number of nitrogens with one attached hydrogen (secondary N) is 1. The molecule has 3 rings (SSSR count). The smallest absolute Gasteiger partial charge is 0.339 e. The van der Waals surface area contributed by atoms with E-state index in [0.717, 1.165) is 5.56 Å². The largest absolute Gasteiger partial charge is 0.493 e. The van der Waals surface area contributed by atoms with Crippen LogP contribution >= 0.6 is 0 Å². The lowest BCUT2D eigenvalue weighted by Crippen LogP contribution is -2.17. The van der Waals surface area contributed by atoms with E-state index in [1.807, 2.05) is 13.0 Å². The van der Waals surface area contributed by atoms with E-state index < -0.39 is 10.1 Å². The van der Waals surface area contributed by atoms with E-state index in [1.54, 1.807) is 48.5 Å². The zero-order valence-corrected chi connectivity index (χ0v) is 17.2. The van der Waals surface area contributed by atoms with Gasteiger partial charge in [0.15, 0.2) is 11.5 Å². The predicted octanol–water partition coefficient (Wildman–Crippen LogP) is 3.54. The van der Waals surface area contributed by atoms with Crippen LogP contribution in [-0.2, 0) is 10.1 Å². The lowest BCUT2D eigenvalue weighted by molar-refractivity contribution is 0.0955.